The lowest BCUT2D eigenvalue weighted by molar-refractivity contribution is -0.140. The van der Waals surface area contributed by atoms with E-state index in [0.29, 0.717) is 11.8 Å². The Bertz CT molecular complexity index is 376. The summed E-state index contributed by atoms with van der Waals surface area (Å²) < 4.78 is 0. The molecule has 0 radical (unpaired) electrons. The molecule has 0 aromatic carbocycles. The molecule has 2 N–H and O–H groups in total. The van der Waals surface area contributed by atoms with Crippen molar-refractivity contribution >= 4 is 11.9 Å². The van der Waals surface area contributed by atoms with Crippen LogP contribution in [0.1, 0.15) is 53.9 Å². The molecule has 0 heterocycles. The van der Waals surface area contributed by atoms with Gasteiger partial charge in [-0.2, -0.15) is 0 Å². The van der Waals surface area contributed by atoms with Gasteiger partial charge in [-0.05, 0) is 39.0 Å². The van der Waals surface area contributed by atoms with Gasteiger partial charge >= 0.3 is 5.97 Å². The lowest BCUT2D eigenvalue weighted by Gasteiger charge is -2.37. The van der Waals surface area contributed by atoms with Crippen LogP contribution < -0.4 is 5.32 Å². The van der Waals surface area contributed by atoms with Crippen LogP contribution in [0.2, 0.25) is 0 Å². The van der Waals surface area contributed by atoms with E-state index in [0.717, 1.165) is 12.8 Å². The number of rotatable bonds is 5. The summed E-state index contributed by atoms with van der Waals surface area (Å²) in [4.78, 5) is 24.9. The van der Waals surface area contributed by atoms with Gasteiger partial charge in [-0.25, -0.2) is 0 Å². The molecule has 0 spiro atoms. The van der Waals surface area contributed by atoms with Gasteiger partial charge in [0, 0.05) is 11.6 Å². The van der Waals surface area contributed by atoms with Crippen molar-refractivity contribution in [1.82, 2.24) is 10.2 Å². The fraction of sp³-hybridized carbons (Fsp3) is 0.875. The number of carboxylic acids is 1. The standard InChI is InChI=1S/C16H30N2O3/c1-11-7-6-8-13(12(11)2)17-14(19)9-18(10-15(20)21)16(3,4)5/h11-13H,6-10H2,1-5H3,(H,17,19)(H,20,21). The molecule has 0 bridgehead atoms. The van der Waals surface area contributed by atoms with Gasteiger partial charge in [0.1, 0.15) is 0 Å². The van der Waals surface area contributed by atoms with E-state index in [-0.39, 0.29) is 30.6 Å². The molecule has 0 aliphatic heterocycles. The second kappa shape index (κ2) is 7.25. The predicted octanol–water partition coefficient (Wildman–Crippen LogP) is 2.11. The SMILES string of the molecule is CC1CCCC(NC(=O)CN(CC(=O)O)C(C)(C)C)C1C. The van der Waals surface area contributed by atoms with Gasteiger partial charge in [-0.15, -0.1) is 0 Å². The first-order chi connectivity index (χ1) is 9.61. The number of hydrogen-bond acceptors (Lipinski definition) is 3. The van der Waals surface area contributed by atoms with E-state index < -0.39 is 5.97 Å². The van der Waals surface area contributed by atoms with Crippen molar-refractivity contribution in [2.45, 2.75) is 65.5 Å². The number of hydrogen-bond donors (Lipinski definition) is 2. The molecule has 21 heavy (non-hydrogen) atoms. The van der Waals surface area contributed by atoms with Gasteiger partial charge in [0.25, 0.3) is 0 Å². The van der Waals surface area contributed by atoms with E-state index in [2.05, 4.69) is 19.2 Å². The average molecular weight is 298 g/mol. The summed E-state index contributed by atoms with van der Waals surface area (Å²) in [5, 5.41) is 12.1. The monoisotopic (exact) mass is 298 g/mol. The first kappa shape index (κ1) is 18.0. The highest BCUT2D eigenvalue weighted by Gasteiger charge is 2.30. The Morgan fingerprint density at radius 3 is 2.33 bits per heavy atom. The molecule has 5 heteroatoms. The highest BCUT2D eigenvalue weighted by atomic mass is 16.4. The molecule has 0 aromatic rings. The molecule has 5 nitrogen and oxygen atoms in total. The van der Waals surface area contributed by atoms with E-state index in [1.807, 2.05) is 20.8 Å². The Hall–Kier alpha value is -1.10. The molecular formula is C16H30N2O3. The van der Waals surface area contributed by atoms with Crippen molar-refractivity contribution < 1.29 is 14.7 Å². The molecule has 0 saturated heterocycles. The largest absolute Gasteiger partial charge is 0.480 e. The Morgan fingerprint density at radius 2 is 1.81 bits per heavy atom. The first-order valence-electron chi connectivity index (χ1n) is 7.87. The first-order valence-corrected chi connectivity index (χ1v) is 7.87. The van der Waals surface area contributed by atoms with Crippen molar-refractivity contribution in [3.8, 4) is 0 Å². The molecule has 1 fully saturated rings. The van der Waals surface area contributed by atoms with Gasteiger partial charge < -0.3 is 10.4 Å². The minimum absolute atomic E-state index is 0.0721. The molecule has 3 atom stereocenters. The molecule has 0 aromatic heterocycles. The number of carbonyl (C=O) groups is 2. The van der Waals surface area contributed by atoms with Crippen LogP contribution in [0.5, 0.6) is 0 Å². The van der Waals surface area contributed by atoms with Crippen LogP contribution in [0.3, 0.4) is 0 Å². The zero-order valence-electron chi connectivity index (χ0n) is 14.0. The fourth-order valence-corrected chi connectivity index (χ4v) is 2.91. The van der Waals surface area contributed by atoms with Crippen molar-refractivity contribution in [3.63, 3.8) is 0 Å². The quantitative estimate of drug-likeness (QED) is 0.815. The van der Waals surface area contributed by atoms with Gasteiger partial charge in [-0.1, -0.05) is 26.7 Å². The summed E-state index contributed by atoms with van der Waals surface area (Å²) in [6.45, 7) is 10.2. The highest BCUT2D eigenvalue weighted by molar-refractivity contribution is 5.79. The Kier molecular flexibility index (Phi) is 6.20. The van der Waals surface area contributed by atoms with Crippen LogP contribution in [0, 0.1) is 11.8 Å². The number of nitrogens with one attached hydrogen (secondary N) is 1. The third-order valence-corrected chi connectivity index (χ3v) is 4.66. The third kappa shape index (κ3) is 5.65. The number of amides is 1. The van der Waals surface area contributed by atoms with E-state index in [1.165, 1.54) is 6.42 Å². The smallest absolute Gasteiger partial charge is 0.317 e. The van der Waals surface area contributed by atoms with E-state index in [1.54, 1.807) is 4.90 Å². The van der Waals surface area contributed by atoms with Gasteiger partial charge in [0.2, 0.25) is 5.91 Å². The molecule has 1 rings (SSSR count). The van der Waals surface area contributed by atoms with Gasteiger partial charge in [-0.3, -0.25) is 14.5 Å². The second-order valence-corrected chi connectivity index (χ2v) is 7.36. The lowest BCUT2D eigenvalue weighted by Crippen LogP contribution is -2.52. The van der Waals surface area contributed by atoms with Crippen LogP contribution in [0.4, 0.5) is 0 Å². The normalized spacial score (nSPS) is 26.7. The average Bonchev–Trinajstić information content (AvgIpc) is 2.32. The number of aliphatic carboxylic acids is 1. The van der Waals surface area contributed by atoms with Crippen molar-refractivity contribution in [1.29, 1.82) is 0 Å². The molecule has 1 aliphatic rings. The molecular weight excluding hydrogens is 268 g/mol. The summed E-state index contributed by atoms with van der Waals surface area (Å²) in [7, 11) is 0. The van der Waals surface area contributed by atoms with Crippen LogP contribution in [-0.4, -0.2) is 46.6 Å². The maximum Gasteiger partial charge on any atom is 0.317 e. The van der Waals surface area contributed by atoms with Gasteiger partial charge in [0.15, 0.2) is 0 Å². The summed E-state index contributed by atoms with van der Waals surface area (Å²) >= 11 is 0. The fourth-order valence-electron chi connectivity index (χ4n) is 2.91. The molecule has 122 valence electrons. The molecule has 1 aliphatic carbocycles. The topological polar surface area (TPSA) is 69.6 Å². The Morgan fingerprint density at radius 1 is 1.19 bits per heavy atom. The van der Waals surface area contributed by atoms with E-state index >= 15 is 0 Å². The summed E-state index contributed by atoms with van der Waals surface area (Å²) in [5.74, 6) is 0.126. The maximum atomic E-state index is 12.3. The molecule has 1 saturated carbocycles. The predicted molar refractivity (Wildman–Crippen MR) is 83.1 cm³/mol. The van der Waals surface area contributed by atoms with Crippen LogP contribution in [-0.2, 0) is 9.59 Å². The Balaban J connectivity index is 2.59. The number of nitrogens with zero attached hydrogens (tertiary/aromatic N) is 1. The van der Waals surface area contributed by atoms with Crippen molar-refractivity contribution in [2.75, 3.05) is 13.1 Å². The van der Waals surface area contributed by atoms with Crippen LogP contribution >= 0.6 is 0 Å². The van der Waals surface area contributed by atoms with E-state index in [9.17, 15) is 9.59 Å². The minimum Gasteiger partial charge on any atom is -0.480 e. The summed E-state index contributed by atoms with van der Waals surface area (Å²) in [6.07, 6.45) is 3.39. The van der Waals surface area contributed by atoms with Gasteiger partial charge in [0.05, 0.1) is 13.1 Å². The third-order valence-electron chi connectivity index (χ3n) is 4.66. The Labute approximate surface area is 128 Å². The number of carboxylic acid groups (broad SMARTS) is 1. The van der Waals surface area contributed by atoms with Crippen LogP contribution in [0.15, 0.2) is 0 Å². The minimum atomic E-state index is -0.905. The summed E-state index contributed by atoms with van der Waals surface area (Å²) in [5.41, 5.74) is -0.346. The second-order valence-electron chi connectivity index (χ2n) is 7.36. The van der Waals surface area contributed by atoms with Crippen molar-refractivity contribution in [3.05, 3.63) is 0 Å². The van der Waals surface area contributed by atoms with Crippen LogP contribution in [0.25, 0.3) is 0 Å². The van der Waals surface area contributed by atoms with Crippen molar-refractivity contribution in [2.24, 2.45) is 11.8 Å². The van der Waals surface area contributed by atoms with E-state index in [4.69, 9.17) is 5.11 Å². The number of carbonyl (C=O) groups excluding carboxylic acids is 1. The molecule has 1 amide bonds. The lowest BCUT2D eigenvalue weighted by atomic mass is 9.78. The zero-order valence-corrected chi connectivity index (χ0v) is 14.0. The summed E-state index contributed by atoms with van der Waals surface area (Å²) in [6, 6.07) is 0.216. The molecule has 3 unspecified atom stereocenters. The highest BCUT2D eigenvalue weighted by Crippen LogP contribution is 2.29. The maximum absolute atomic E-state index is 12.3. The zero-order chi connectivity index (χ0) is 16.2.